The molecular weight excluding hydrogens is 166 g/mol. The Kier molecular flexibility index (Phi) is 2.00. The van der Waals surface area contributed by atoms with Crippen molar-refractivity contribution in [1.29, 1.82) is 0 Å². The lowest BCUT2D eigenvalue weighted by molar-refractivity contribution is 0.0690. The molecule has 0 radical (unpaired) electrons. The summed E-state index contributed by atoms with van der Waals surface area (Å²) in [7, 11) is 0. The van der Waals surface area contributed by atoms with Crippen LogP contribution in [-0.2, 0) is 0 Å². The number of hydrogen-bond acceptors (Lipinski definition) is 2. The Morgan fingerprint density at radius 2 is 2.23 bits per heavy atom. The molecule has 0 aliphatic heterocycles. The third-order valence-corrected chi connectivity index (χ3v) is 2.51. The van der Waals surface area contributed by atoms with Gasteiger partial charge in [-0.3, -0.25) is 0 Å². The Morgan fingerprint density at radius 1 is 1.46 bits per heavy atom. The first-order valence-electron chi connectivity index (χ1n) is 4.47. The highest BCUT2D eigenvalue weighted by Crippen LogP contribution is 2.35. The Bertz CT molecular complexity index is 331. The fourth-order valence-electron chi connectivity index (χ4n) is 1.50. The molecule has 1 aliphatic carbocycles. The molecular formula is C10H11NO2. The largest absolute Gasteiger partial charge is 0.477 e. The zero-order valence-corrected chi connectivity index (χ0v) is 7.23. The minimum atomic E-state index is -0.943. The summed E-state index contributed by atoms with van der Waals surface area (Å²) >= 11 is 0. The van der Waals surface area contributed by atoms with Gasteiger partial charge in [0, 0.05) is 11.6 Å². The highest BCUT2D eigenvalue weighted by Gasteiger charge is 2.21. The first-order chi connectivity index (χ1) is 6.27. The second kappa shape index (κ2) is 3.17. The summed E-state index contributed by atoms with van der Waals surface area (Å²) in [6.07, 6.45) is 3.54. The van der Waals surface area contributed by atoms with Crippen molar-refractivity contribution in [3.05, 3.63) is 29.6 Å². The predicted molar refractivity (Wildman–Crippen MR) is 47.8 cm³/mol. The van der Waals surface area contributed by atoms with E-state index in [1.54, 1.807) is 6.07 Å². The maximum atomic E-state index is 10.6. The molecule has 0 bridgehead atoms. The topological polar surface area (TPSA) is 50.2 Å². The van der Waals surface area contributed by atoms with E-state index < -0.39 is 5.97 Å². The van der Waals surface area contributed by atoms with Crippen molar-refractivity contribution < 1.29 is 9.90 Å². The monoisotopic (exact) mass is 177 g/mol. The molecule has 1 saturated carbocycles. The SMILES string of the molecule is O=C(O)c1cccc(C2CCC2)n1. The molecule has 0 spiro atoms. The highest BCUT2D eigenvalue weighted by molar-refractivity contribution is 5.85. The lowest BCUT2D eigenvalue weighted by atomic mass is 9.82. The summed E-state index contributed by atoms with van der Waals surface area (Å²) < 4.78 is 0. The number of pyridine rings is 1. The Labute approximate surface area is 76.4 Å². The van der Waals surface area contributed by atoms with Crippen LogP contribution < -0.4 is 0 Å². The molecule has 0 saturated heterocycles. The van der Waals surface area contributed by atoms with E-state index in [0.29, 0.717) is 5.92 Å². The number of carboxylic acid groups (broad SMARTS) is 1. The van der Waals surface area contributed by atoms with Gasteiger partial charge in [-0.25, -0.2) is 9.78 Å². The number of carbonyl (C=O) groups is 1. The van der Waals surface area contributed by atoms with Gasteiger partial charge in [0.1, 0.15) is 5.69 Å². The second-order valence-electron chi connectivity index (χ2n) is 3.38. The van der Waals surface area contributed by atoms with E-state index in [-0.39, 0.29) is 5.69 Å². The summed E-state index contributed by atoms with van der Waals surface area (Å²) in [4.78, 5) is 14.7. The molecule has 3 heteroatoms. The molecule has 1 fully saturated rings. The number of hydrogen-bond donors (Lipinski definition) is 1. The van der Waals surface area contributed by atoms with E-state index in [9.17, 15) is 4.79 Å². The van der Waals surface area contributed by atoms with Gasteiger partial charge in [-0.2, -0.15) is 0 Å². The van der Waals surface area contributed by atoms with Gasteiger partial charge in [0.25, 0.3) is 0 Å². The molecule has 0 aromatic carbocycles. The van der Waals surface area contributed by atoms with E-state index in [1.807, 2.05) is 6.07 Å². The van der Waals surface area contributed by atoms with Crippen LogP contribution in [0.1, 0.15) is 41.4 Å². The summed E-state index contributed by atoms with van der Waals surface area (Å²) in [5.74, 6) is -0.444. The Morgan fingerprint density at radius 3 is 2.77 bits per heavy atom. The molecule has 2 rings (SSSR count). The maximum absolute atomic E-state index is 10.6. The van der Waals surface area contributed by atoms with Crippen molar-refractivity contribution in [3.63, 3.8) is 0 Å². The normalized spacial score (nSPS) is 16.6. The zero-order valence-electron chi connectivity index (χ0n) is 7.23. The smallest absolute Gasteiger partial charge is 0.354 e. The van der Waals surface area contributed by atoms with Crippen LogP contribution >= 0.6 is 0 Å². The van der Waals surface area contributed by atoms with Gasteiger partial charge in [-0.15, -0.1) is 0 Å². The molecule has 1 aromatic heterocycles. The lowest BCUT2D eigenvalue weighted by Crippen LogP contribution is -2.12. The summed E-state index contributed by atoms with van der Waals surface area (Å²) in [6.45, 7) is 0. The van der Waals surface area contributed by atoms with Crippen molar-refractivity contribution in [2.75, 3.05) is 0 Å². The van der Waals surface area contributed by atoms with Gasteiger partial charge >= 0.3 is 5.97 Å². The predicted octanol–water partition coefficient (Wildman–Crippen LogP) is 2.05. The van der Waals surface area contributed by atoms with E-state index >= 15 is 0 Å². The minimum absolute atomic E-state index is 0.157. The molecule has 0 unspecified atom stereocenters. The molecule has 0 amide bonds. The summed E-state index contributed by atoms with van der Waals surface area (Å²) in [5.41, 5.74) is 1.09. The standard InChI is InChI=1S/C10H11NO2/c12-10(13)9-6-2-5-8(11-9)7-3-1-4-7/h2,5-7H,1,3-4H2,(H,12,13). The number of aromatic carboxylic acids is 1. The van der Waals surface area contributed by atoms with E-state index in [1.165, 1.54) is 12.5 Å². The van der Waals surface area contributed by atoms with Crippen LogP contribution in [0.4, 0.5) is 0 Å². The van der Waals surface area contributed by atoms with Crippen LogP contribution in [0.2, 0.25) is 0 Å². The highest BCUT2D eigenvalue weighted by atomic mass is 16.4. The number of nitrogens with zero attached hydrogens (tertiary/aromatic N) is 1. The zero-order chi connectivity index (χ0) is 9.26. The Balaban J connectivity index is 2.26. The maximum Gasteiger partial charge on any atom is 0.354 e. The third kappa shape index (κ3) is 1.54. The van der Waals surface area contributed by atoms with Crippen molar-refractivity contribution in [3.8, 4) is 0 Å². The van der Waals surface area contributed by atoms with Crippen molar-refractivity contribution in [1.82, 2.24) is 4.98 Å². The van der Waals surface area contributed by atoms with Crippen LogP contribution in [0.5, 0.6) is 0 Å². The van der Waals surface area contributed by atoms with Gasteiger partial charge in [-0.05, 0) is 25.0 Å². The first-order valence-corrected chi connectivity index (χ1v) is 4.47. The molecule has 1 N–H and O–H groups in total. The third-order valence-electron chi connectivity index (χ3n) is 2.51. The quantitative estimate of drug-likeness (QED) is 0.752. The fraction of sp³-hybridized carbons (Fsp3) is 0.400. The van der Waals surface area contributed by atoms with Crippen molar-refractivity contribution >= 4 is 5.97 Å². The van der Waals surface area contributed by atoms with E-state index in [2.05, 4.69) is 4.98 Å². The molecule has 3 nitrogen and oxygen atoms in total. The summed E-state index contributed by atoms with van der Waals surface area (Å²) in [5, 5.41) is 8.72. The molecule has 1 aromatic rings. The van der Waals surface area contributed by atoms with Crippen LogP contribution in [0, 0.1) is 0 Å². The molecule has 68 valence electrons. The average molecular weight is 177 g/mol. The van der Waals surface area contributed by atoms with Gasteiger partial charge in [-0.1, -0.05) is 12.5 Å². The van der Waals surface area contributed by atoms with Crippen LogP contribution in [0.25, 0.3) is 0 Å². The molecule has 1 heterocycles. The molecule has 1 aliphatic rings. The molecule has 0 atom stereocenters. The van der Waals surface area contributed by atoms with Gasteiger partial charge in [0.15, 0.2) is 0 Å². The van der Waals surface area contributed by atoms with Crippen molar-refractivity contribution in [2.24, 2.45) is 0 Å². The summed E-state index contributed by atoms with van der Waals surface area (Å²) in [6, 6.07) is 5.21. The van der Waals surface area contributed by atoms with Crippen molar-refractivity contribution in [2.45, 2.75) is 25.2 Å². The first kappa shape index (κ1) is 8.23. The number of aromatic nitrogens is 1. The number of rotatable bonds is 2. The van der Waals surface area contributed by atoms with Crippen LogP contribution in [0.3, 0.4) is 0 Å². The van der Waals surface area contributed by atoms with Gasteiger partial charge in [0.05, 0.1) is 0 Å². The number of carboxylic acids is 1. The fourth-order valence-corrected chi connectivity index (χ4v) is 1.50. The van der Waals surface area contributed by atoms with Gasteiger partial charge in [0.2, 0.25) is 0 Å². The van der Waals surface area contributed by atoms with E-state index in [4.69, 9.17) is 5.11 Å². The minimum Gasteiger partial charge on any atom is -0.477 e. The molecule has 13 heavy (non-hydrogen) atoms. The van der Waals surface area contributed by atoms with E-state index in [0.717, 1.165) is 18.5 Å². The van der Waals surface area contributed by atoms with Crippen LogP contribution in [-0.4, -0.2) is 16.1 Å². The van der Waals surface area contributed by atoms with Crippen LogP contribution in [0.15, 0.2) is 18.2 Å². The van der Waals surface area contributed by atoms with Gasteiger partial charge < -0.3 is 5.11 Å². The lowest BCUT2D eigenvalue weighted by Gasteiger charge is -2.24. The average Bonchev–Trinajstić information content (AvgIpc) is 2.01. The Hall–Kier alpha value is -1.38. The second-order valence-corrected chi connectivity index (χ2v) is 3.38.